The third-order valence-corrected chi connectivity index (χ3v) is 2.56. The Morgan fingerprint density at radius 1 is 1.33 bits per heavy atom. The molecule has 4 nitrogen and oxygen atoms in total. The molecule has 5 heteroatoms. The van der Waals surface area contributed by atoms with Crippen molar-refractivity contribution in [3.8, 4) is 5.69 Å². The molecule has 2 rings (SSSR count). The molecule has 0 aliphatic heterocycles. The predicted octanol–water partition coefficient (Wildman–Crippen LogP) is 1.25. The van der Waals surface area contributed by atoms with Gasteiger partial charge in [0.15, 0.2) is 0 Å². The lowest BCUT2D eigenvalue weighted by atomic mass is 10.2. The van der Waals surface area contributed by atoms with Gasteiger partial charge in [0.1, 0.15) is 0 Å². The van der Waals surface area contributed by atoms with Crippen LogP contribution < -0.4 is 0 Å². The summed E-state index contributed by atoms with van der Waals surface area (Å²) in [5.41, 5.74) is 1.54. The van der Waals surface area contributed by atoms with Gasteiger partial charge in [-0.1, -0.05) is 29.3 Å². The van der Waals surface area contributed by atoms with Crippen LogP contribution in [0.3, 0.4) is 0 Å². The zero-order valence-electron chi connectivity index (χ0n) is 7.87. The van der Waals surface area contributed by atoms with Crippen molar-refractivity contribution in [3.05, 3.63) is 48.3 Å². The standard InChI is InChI=1S/C10H10N2O2S/c13-15(14)8-9-4-1-2-5-10(9)12-7-3-6-11-12/h1-7H,8H2,(H,13,14)/p-1. The van der Waals surface area contributed by atoms with Crippen molar-refractivity contribution >= 4 is 11.1 Å². The first-order valence-corrected chi connectivity index (χ1v) is 5.65. The number of para-hydroxylation sites is 1. The highest BCUT2D eigenvalue weighted by Crippen LogP contribution is 2.14. The van der Waals surface area contributed by atoms with Crippen LogP contribution in [0.25, 0.3) is 5.69 Å². The Morgan fingerprint density at radius 3 is 2.80 bits per heavy atom. The van der Waals surface area contributed by atoms with Crippen molar-refractivity contribution in [3.63, 3.8) is 0 Å². The largest absolute Gasteiger partial charge is 0.772 e. The number of hydrogen-bond donors (Lipinski definition) is 0. The van der Waals surface area contributed by atoms with Crippen LogP contribution in [0.2, 0.25) is 0 Å². The summed E-state index contributed by atoms with van der Waals surface area (Å²) >= 11 is -2.08. The van der Waals surface area contributed by atoms with Crippen molar-refractivity contribution in [2.45, 2.75) is 5.75 Å². The molecule has 0 saturated heterocycles. The lowest BCUT2D eigenvalue weighted by Crippen LogP contribution is -2.02. The zero-order chi connectivity index (χ0) is 10.7. The van der Waals surface area contributed by atoms with E-state index in [4.69, 9.17) is 0 Å². The first-order valence-electron chi connectivity index (χ1n) is 4.41. The molecule has 1 aromatic heterocycles. The number of rotatable bonds is 3. The summed E-state index contributed by atoms with van der Waals surface area (Å²) in [6, 6.07) is 9.09. The van der Waals surface area contributed by atoms with Gasteiger partial charge < -0.3 is 4.55 Å². The molecule has 2 aromatic rings. The summed E-state index contributed by atoms with van der Waals surface area (Å²) in [6.07, 6.45) is 3.44. The minimum Gasteiger partial charge on any atom is -0.772 e. The molecular formula is C10H9N2O2S-. The van der Waals surface area contributed by atoms with Crippen molar-refractivity contribution in [1.29, 1.82) is 0 Å². The van der Waals surface area contributed by atoms with Crippen molar-refractivity contribution < 1.29 is 8.76 Å². The van der Waals surface area contributed by atoms with E-state index >= 15 is 0 Å². The molecule has 0 spiro atoms. The molecule has 0 radical (unpaired) electrons. The van der Waals surface area contributed by atoms with E-state index in [1.807, 2.05) is 18.2 Å². The number of aromatic nitrogens is 2. The SMILES string of the molecule is O=S([O-])Cc1ccccc1-n1cccn1. The quantitative estimate of drug-likeness (QED) is 0.733. The molecule has 0 bridgehead atoms. The lowest BCUT2D eigenvalue weighted by Gasteiger charge is -2.10. The highest BCUT2D eigenvalue weighted by Gasteiger charge is 2.03. The van der Waals surface area contributed by atoms with Crippen LogP contribution in [-0.4, -0.2) is 18.5 Å². The van der Waals surface area contributed by atoms with Crippen LogP contribution in [0.4, 0.5) is 0 Å². The Kier molecular flexibility index (Phi) is 2.94. The first-order chi connectivity index (χ1) is 7.27. The molecule has 1 unspecified atom stereocenters. The van der Waals surface area contributed by atoms with Gasteiger partial charge in [-0.3, -0.25) is 4.21 Å². The van der Waals surface area contributed by atoms with E-state index in [2.05, 4.69) is 5.10 Å². The summed E-state index contributed by atoms with van der Waals surface area (Å²) in [5.74, 6) is 0.00995. The van der Waals surface area contributed by atoms with E-state index in [-0.39, 0.29) is 5.75 Å². The Labute approximate surface area is 89.8 Å². The fourth-order valence-electron chi connectivity index (χ4n) is 1.39. The van der Waals surface area contributed by atoms with Gasteiger partial charge in [-0.15, -0.1) is 0 Å². The number of nitrogens with zero attached hydrogens (tertiary/aromatic N) is 2. The Balaban J connectivity index is 2.42. The summed E-state index contributed by atoms with van der Waals surface area (Å²) < 4.78 is 23.0. The molecule has 0 amide bonds. The van der Waals surface area contributed by atoms with Crippen LogP contribution in [-0.2, 0) is 16.8 Å². The Bertz CT molecular complexity index is 468. The van der Waals surface area contributed by atoms with Crippen LogP contribution in [0, 0.1) is 0 Å². The molecular weight excluding hydrogens is 212 g/mol. The number of hydrogen-bond acceptors (Lipinski definition) is 3. The molecule has 15 heavy (non-hydrogen) atoms. The molecule has 1 atom stereocenters. The maximum atomic E-state index is 10.7. The van der Waals surface area contributed by atoms with Gasteiger partial charge in [0.2, 0.25) is 0 Å². The smallest absolute Gasteiger partial charge is 0.0686 e. The first kappa shape index (κ1) is 10.1. The Morgan fingerprint density at radius 2 is 2.13 bits per heavy atom. The molecule has 1 aromatic carbocycles. The molecule has 0 saturated carbocycles. The minimum atomic E-state index is -2.08. The maximum Gasteiger partial charge on any atom is 0.0686 e. The Hall–Kier alpha value is -1.46. The average molecular weight is 221 g/mol. The van der Waals surface area contributed by atoms with Gasteiger partial charge >= 0.3 is 0 Å². The highest BCUT2D eigenvalue weighted by atomic mass is 32.2. The van der Waals surface area contributed by atoms with E-state index in [0.717, 1.165) is 11.3 Å². The average Bonchev–Trinajstić information content (AvgIpc) is 2.70. The van der Waals surface area contributed by atoms with E-state index in [1.165, 1.54) is 0 Å². The summed E-state index contributed by atoms with van der Waals surface area (Å²) in [5, 5.41) is 4.07. The predicted molar refractivity (Wildman–Crippen MR) is 56.2 cm³/mol. The molecule has 78 valence electrons. The second kappa shape index (κ2) is 4.37. The number of benzene rings is 1. The second-order valence-corrected chi connectivity index (χ2v) is 3.92. The van der Waals surface area contributed by atoms with Gasteiger partial charge in [0.25, 0.3) is 0 Å². The van der Waals surface area contributed by atoms with Gasteiger partial charge in [0, 0.05) is 18.1 Å². The molecule has 0 N–H and O–H groups in total. The van der Waals surface area contributed by atoms with Gasteiger partial charge in [-0.05, 0) is 17.7 Å². The summed E-state index contributed by atoms with van der Waals surface area (Å²) in [4.78, 5) is 0. The zero-order valence-corrected chi connectivity index (χ0v) is 8.68. The van der Waals surface area contributed by atoms with Crippen molar-refractivity contribution in [1.82, 2.24) is 9.78 Å². The van der Waals surface area contributed by atoms with E-state index in [0.29, 0.717) is 0 Å². The van der Waals surface area contributed by atoms with Gasteiger partial charge in [0.05, 0.1) is 5.69 Å². The van der Waals surface area contributed by atoms with Gasteiger partial charge in [-0.2, -0.15) is 5.10 Å². The van der Waals surface area contributed by atoms with E-state index < -0.39 is 11.1 Å². The fourth-order valence-corrected chi connectivity index (χ4v) is 1.89. The third-order valence-electron chi connectivity index (χ3n) is 2.02. The summed E-state index contributed by atoms with van der Waals surface area (Å²) in [7, 11) is 0. The molecule has 0 aliphatic rings. The van der Waals surface area contributed by atoms with Crippen LogP contribution >= 0.6 is 0 Å². The van der Waals surface area contributed by atoms with E-state index in [9.17, 15) is 8.76 Å². The minimum absolute atomic E-state index is 0.00995. The van der Waals surface area contributed by atoms with Crippen LogP contribution in [0.15, 0.2) is 42.7 Å². The summed E-state index contributed by atoms with van der Waals surface area (Å²) in [6.45, 7) is 0. The normalized spacial score (nSPS) is 12.6. The molecule has 1 heterocycles. The molecule has 0 fully saturated rings. The maximum absolute atomic E-state index is 10.7. The monoisotopic (exact) mass is 221 g/mol. The van der Waals surface area contributed by atoms with Crippen molar-refractivity contribution in [2.24, 2.45) is 0 Å². The fraction of sp³-hybridized carbons (Fsp3) is 0.100. The van der Waals surface area contributed by atoms with Gasteiger partial charge in [-0.25, -0.2) is 4.68 Å². The van der Waals surface area contributed by atoms with Crippen molar-refractivity contribution in [2.75, 3.05) is 0 Å². The molecule has 0 aliphatic carbocycles. The second-order valence-electron chi connectivity index (χ2n) is 3.03. The topological polar surface area (TPSA) is 57.9 Å². The highest BCUT2D eigenvalue weighted by molar-refractivity contribution is 7.78. The van der Waals surface area contributed by atoms with Crippen LogP contribution in [0.1, 0.15) is 5.56 Å². The van der Waals surface area contributed by atoms with E-state index in [1.54, 1.807) is 29.2 Å². The lowest BCUT2D eigenvalue weighted by molar-refractivity contribution is 0.536. The van der Waals surface area contributed by atoms with Crippen LogP contribution in [0.5, 0.6) is 0 Å². The third kappa shape index (κ3) is 2.31.